The number of amides is 1. The molecule has 1 heterocycles. The minimum absolute atomic E-state index is 0.317. The van der Waals surface area contributed by atoms with Gasteiger partial charge >= 0.3 is 0 Å². The maximum atomic E-state index is 11.7. The Morgan fingerprint density at radius 1 is 1.08 bits per heavy atom. The Balaban J connectivity index is 1.84. The number of hydrogen-bond acceptors (Lipinski definition) is 4. The van der Waals surface area contributed by atoms with Gasteiger partial charge in [-0.05, 0) is 17.7 Å². The first-order chi connectivity index (χ1) is 11.6. The molecule has 122 valence electrons. The lowest BCUT2D eigenvalue weighted by molar-refractivity contribution is -0.114. The third kappa shape index (κ3) is 3.93. The van der Waals surface area contributed by atoms with E-state index in [0.717, 1.165) is 5.56 Å². The first-order valence-corrected chi connectivity index (χ1v) is 8.05. The van der Waals surface area contributed by atoms with Crippen LogP contribution in [0.3, 0.4) is 0 Å². The van der Waals surface area contributed by atoms with E-state index in [4.69, 9.17) is 27.7 Å². The van der Waals surface area contributed by atoms with E-state index in [-0.39, 0.29) is 0 Å². The van der Waals surface area contributed by atoms with Crippen LogP contribution in [0.2, 0.25) is 0 Å². The van der Waals surface area contributed by atoms with E-state index in [2.05, 4.69) is 15.5 Å². The molecule has 0 aliphatic carbocycles. The number of carbonyl (C=O) groups is 1. The zero-order valence-electron chi connectivity index (χ0n) is 12.4. The number of halogens is 2. The smallest absolute Gasteiger partial charge is 0.260 e. The maximum Gasteiger partial charge on any atom is 0.260 e. The van der Waals surface area contributed by atoms with Crippen molar-refractivity contribution < 1.29 is 9.32 Å². The number of rotatable bonds is 5. The highest BCUT2D eigenvalue weighted by atomic mass is 35.5. The molecular weight excluding hydrogens is 349 g/mol. The van der Waals surface area contributed by atoms with Crippen LogP contribution in [0, 0.1) is 0 Å². The van der Waals surface area contributed by atoms with Gasteiger partial charge in [-0.1, -0.05) is 70.8 Å². The van der Waals surface area contributed by atoms with Crippen LogP contribution in [-0.4, -0.2) is 20.9 Å². The predicted molar refractivity (Wildman–Crippen MR) is 93.1 cm³/mol. The largest absolute Gasteiger partial charge is 0.334 e. The Morgan fingerprint density at radius 3 is 2.54 bits per heavy atom. The van der Waals surface area contributed by atoms with Crippen LogP contribution in [0.1, 0.15) is 11.4 Å². The molecule has 7 heteroatoms. The van der Waals surface area contributed by atoms with Gasteiger partial charge in [-0.2, -0.15) is 4.98 Å². The quantitative estimate of drug-likeness (QED) is 0.695. The lowest BCUT2D eigenvalue weighted by Gasteiger charge is -2.08. The van der Waals surface area contributed by atoms with Gasteiger partial charge in [0.2, 0.25) is 0 Å². The minimum Gasteiger partial charge on any atom is -0.334 e. The fourth-order valence-electron chi connectivity index (χ4n) is 2.18. The van der Waals surface area contributed by atoms with Crippen LogP contribution in [0.25, 0.3) is 11.5 Å². The summed E-state index contributed by atoms with van der Waals surface area (Å²) in [5, 5.41) is 6.63. The summed E-state index contributed by atoms with van der Waals surface area (Å²) in [5.74, 6) is 0.359. The molecule has 1 N–H and O–H groups in total. The van der Waals surface area contributed by atoms with Gasteiger partial charge in [-0.3, -0.25) is 4.79 Å². The van der Waals surface area contributed by atoms with Crippen LogP contribution in [0.4, 0.5) is 5.69 Å². The molecule has 2 aromatic carbocycles. The summed E-state index contributed by atoms with van der Waals surface area (Å²) in [4.78, 5) is 14.9. The van der Waals surface area contributed by atoms with Gasteiger partial charge in [0.15, 0.2) is 10.7 Å². The van der Waals surface area contributed by atoms with E-state index >= 15 is 0 Å². The van der Waals surface area contributed by atoms with Crippen molar-refractivity contribution in [2.45, 2.75) is 11.3 Å². The van der Waals surface area contributed by atoms with Gasteiger partial charge in [-0.25, -0.2) is 0 Å². The summed E-state index contributed by atoms with van der Waals surface area (Å²) in [5.41, 5.74) is 2.19. The summed E-state index contributed by atoms with van der Waals surface area (Å²) in [6.07, 6.45) is 0.560. The molecule has 0 spiro atoms. The zero-order valence-corrected chi connectivity index (χ0v) is 14.0. The third-order valence-electron chi connectivity index (χ3n) is 3.29. The van der Waals surface area contributed by atoms with Gasteiger partial charge in [0.05, 0.1) is 11.3 Å². The number of anilines is 1. The van der Waals surface area contributed by atoms with E-state index in [1.807, 2.05) is 36.4 Å². The Morgan fingerprint density at radius 2 is 1.79 bits per heavy atom. The van der Waals surface area contributed by atoms with Gasteiger partial charge in [0, 0.05) is 6.42 Å². The number of hydrogen-bond donors (Lipinski definition) is 1. The lowest BCUT2D eigenvalue weighted by Crippen LogP contribution is -2.18. The number of aromatic nitrogens is 2. The molecule has 0 radical (unpaired) electrons. The van der Waals surface area contributed by atoms with Crippen molar-refractivity contribution in [2.75, 3.05) is 5.32 Å². The Bertz CT molecular complexity index is 835. The molecule has 1 amide bonds. The molecule has 0 aliphatic heterocycles. The van der Waals surface area contributed by atoms with Crippen LogP contribution in [0.5, 0.6) is 0 Å². The standard InChI is InChI=1S/C17H13Cl2N3O2/c18-15(19)16(23)20-13-9-5-4-8-12(13)17-21-14(22-24-17)10-11-6-2-1-3-7-11/h1-9,15H,10H2,(H,20,23). The van der Waals surface area contributed by atoms with Crippen molar-refractivity contribution in [3.8, 4) is 11.5 Å². The number of nitrogens with zero attached hydrogens (tertiary/aromatic N) is 2. The van der Waals surface area contributed by atoms with Crippen molar-refractivity contribution in [3.05, 3.63) is 66.0 Å². The average Bonchev–Trinajstić information content (AvgIpc) is 3.04. The van der Waals surface area contributed by atoms with E-state index in [0.29, 0.717) is 29.4 Å². The van der Waals surface area contributed by atoms with Crippen molar-refractivity contribution >= 4 is 34.8 Å². The summed E-state index contributed by atoms with van der Waals surface area (Å²) >= 11 is 11.1. The summed E-state index contributed by atoms with van der Waals surface area (Å²) in [6, 6.07) is 16.9. The highest BCUT2D eigenvalue weighted by Crippen LogP contribution is 2.27. The molecule has 3 aromatic rings. The van der Waals surface area contributed by atoms with E-state index in [1.54, 1.807) is 18.2 Å². The molecule has 0 aliphatic rings. The van der Waals surface area contributed by atoms with Crippen LogP contribution in [0.15, 0.2) is 59.1 Å². The van der Waals surface area contributed by atoms with Crippen molar-refractivity contribution in [1.82, 2.24) is 10.1 Å². The normalized spacial score (nSPS) is 10.8. The van der Waals surface area contributed by atoms with Gasteiger partial charge in [-0.15, -0.1) is 0 Å². The molecular formula is C17H13Cl2N3O2. The summed E-state index contributed by atoms with van der Waals surface area (Å²) in [6.45, 7) is 0. The number of benzene rings is 2. The molecule has 1 aromatic heterocycles. The molecule has 5 nitrogen and oxygen atoms in total. The highest BCUT2D eigenvalue weighted by molar-refractivity contribution is 6.54. The molecule has 3 rings (SSSR count). The SMILES string of the molecule is O=C(Nc1ccccc1-c1nc(Cc2ccccc2)no1)C(Cl)Cl. The number of para-hydroxylation sites is 1. The van der Waals surface area contributed by atoms with Gasteiger partial charge in [0.25, 0.3) is 11.8 Å². The topological polar surface area (TPSA) is 68.0 Å². The molecule has 24 heavy (non-hydrogen) atoms. The number of alkyl halides is 2. The Kier molecular flexibility index (Phi) is 5.13. The third-order valence-corrected chi connectivity index (χ3v) is 3.68. The van der Waals surface area contributed by atoms with Crippen molar-refractivity contribution in [2.24, 2.45) is 0 Å². The van der Waals surface area contributed by atoms with Crippen LogP contribution >= 0.6 is 23.2 Å². The molecule has 0 fully saturated rings. The predicted octanol–water partition coefficient (Wildman–Crippen LogP) is 4.07. The van der Waals surface area contributed by atoms with Crippen molar-refractivity contribution in [3.63, 3.8) is 0 Å². The molecule has 0 saturated heterocycles. The first-order valence-electron chi connectivity index (χ1n) is 7.18. The van der Waals surface area contributed by atoms with Crippen molar-refractivity contribution in [1.29, 1.82) is 0 Å². The second-order valence-corrected chi connectivity index (χ2v) is 6.11. The molecule has 0 saturated carbocycles. The maximum absolute atomic E-state index is 11.7. The lowest BCUT2D eigenvalue weighted by atomic mass is 10.1. The van der Waals surface area contributed by atoms with E-state index in [9.17, 15) is 4.79 Å². The van der Waals surface area contributed by atoms with Gasteiger partial charge < -0.3 is 9.84 Å². The fourth-order valence-corrected chi connectivity index (χ4v) is 2.29. The van der Waals surface area contributed by atoms with Crippen LogP contribution < -0.4 is 5.32 Å². The second-order valence-electron chi connectivity index (χ2n) is 5.01. The summed E-state index contributed by atoms with van der Waals surface area (Å²) in [7, 11) is 0. The fraction of sp³-hybridized carbons (Fsp3) is 0.118. The minimum atomic E-state index is -1.16. The van der Waals surface area contributed by atoms with Crippen LogP contribution in [-0.2, 0) is 11.2 Å². The number of nitrogens with one attached hydrogen (secondary N) is 1. The van der Waals surface area contributed by atoms with Gasteiger partial charge in [0.1, 0.15) is 0 Å². The first kappa shape index (κ1) is 16.5. The molecule has 0 bridgehead atoms. The monoisotopic (exact) mass is 361 g/mol. The molecule has 0 unspecified atom stereocenters. The highest BCUT2D eigenvalue weighted by Gasteiger charge is 2.17. The molecule has 0 atom stereocenters. The second kappa shape index (κ2) is 7.47. The Labute approximate surface area is 148 Å². The average molecular weight is 362 g/mol. The summed E-state index contributed by atoms with van der Waals surface area (Å²) < 4.78 is 5.33. The Hall–Kier alpha value is -2.37. The van der Waals surface area contributed by atoms with E-state index < -0.39 is 10.7 Å². The van der Waals surface area contributed by atoms with E-state index in [1.165, 1.54) is 0 Å². The zero-order chi connectivity index (χ0) is 16.9. The number of carbonyl (C=O) groups excluding carboxylic acids is 1.